The number of rotatable bonds is 7. The molecule has 1 aromatic heterocycles. The van der Waals surface area contributed by atoms with Crippen LogP contribution in [0.1, 0.15) is 38.5 Å². The normalized spacial score (nSPS) is 18.2. The molecule has 0 aliphatic carbocycles. The summed E-state index contributed by atoms with van der Waals surface area (Å²) in [6.07, 6.45) is 4.93. The Morgan fingerprint density at radius 3 is 2.72 bits per heavy atom. The highest BCUT2D eigenvalue weighted by atomic mass is 32.1. The third-order valence-electron chi connectivity index (χ3n) is 4.61. The van der Waals surface area contributed by atoms with Crippen molar-refractivity contribution >= 4 is 12.2 Å². The van der Waals surface area contributed by atoms with Gasteiger partial charge in [-0.15, -0.1) is 5.10 Å². The van der Waals surface area contributed by atoms with Gasteiger partial charge in [-0.05, 0) is 55.7 Å². The lowest BCUT2D eigenvalue weighted by Gasteiger charge is -2.34. The van der Waals surface area contributed by atoms with E-state index in [1.807, 2.05) is 24.3 Å². The Kier molecular flexibility index (Phi) is 6.09. The van der Waals surface area contributed by atoms with E-state index in [9.17, 15) is 0 Å². The van der Waals surface area contributed by atoms with Gasteiger partial charge in [0, 0.05) is 12.6 Å². The zero-order valence-electron chi connectivity index (χ0n) is 14.8. The van der Waals surface area contributed by atoms with Gasteiger partial charge in [0.05, 0.1) is 13.8 Å². The molecule has 0 bridgehead atoms. The van der Waals surface area contributed by atoms with Crippen molar-refractivity contribution in [3.05, 3.63) is 35.0 Å². The Hall–Kier alpha value is -1.86. The second kappa shape index (κ2) is 8.49. The van der Waals surface area contributed by atoms with Gasteiger partial charge in [0.2, 0.25) is 0 Å². The van der Waals surface area contributed by atoms with Gasteiger partial charge in [-0.1, -0.05) is 13.3 Å². The van der Waals surface area contributed by atoms with Gasteiger partial charge in [-0.25, -0.2) is 4.68 Å². The molecule has 6 nitrogen and oxygen atoms in total. The number of likely N-dealkylation sites (tertiary alicyclic amines) is 1. The van der Waals surface area contributed by atoms with Crippen molar-refractivity contribution in [3.8, 4) is 11.5 Å². The van der Waals surface area contributed by atoms with E-state index in [0.29, 0.717) is 23.4 Å². The maximum atomic E-state index is 5.71. The topological polar surface area (TPSA) is 52.7 Å². The first-order valence-electron chi connectivity index (χ1n) is 8.77. The van der Waals surface area contributed by atoms with E-state index in [0.717, 1.165) is 24.5 Å². The Morgan fingerprint density at radius 2 is 2.00 bits per heavy atom. The van der Waals surface area contributed by atoms with Gasteiger partial charge >= 0.3 is 0 Å². The Bertz CT molecular complexity index is 726. The van der Waals surface area contributed by atoms with Crippen molar-refractivity contribution in [2.24, 2.45) is 0 Å². The zero-order valence-corrected chi connectivity index (χ0v) is 15.6. The van der Waals surface area contributed by atoms with Crippen molar-refractivity contribution < 1.29 is 13.9 Å². The second-order valence-electron chi connectivity index (χ2n) is 6.24. The highest BCUT2D eigenvalue weighted by molar-refractivity contribution is 7.71. The zero-order chi connectivity index (χ0) is 17.6. The highest BCUT2D eigenvalue weighted by Crippen LogP contribution is 2.21. The van der Waals surface area contributed by atoms with E-state index in [4.69, 9.17) is 26.1 Å². The molecule has 0 unspecified atom stereocenters. The number of aromatic nitrogens is 2. The van der Waals surface area contributed by atoms with Gasteiger partial charge in [0.15, 0.2) is 6.61 Å². The molecule has 1 aliphatic rings. The van der Waals surface area contributed by atoms with Crippen LogP contribution in [0.3, 0.4) is 0 Å². The van der Waals surface area contributed by atoms with Crippen molar-refractivity contribution in [2.75, 3.05) is 13.7 Å². The fourth-order valence-electron chi connectivity index (χ4n) is 3.19. The Labute approximate surface area is 153 Å². The number of methoxy groups -OCH3 is 1. The summed E-state index contributed by atoms with van der Waals surface area (Å²) in [4.78, 5) is 2.84. The number of nitrogens with zero attached hydrogens (tertiary/aromatic N) is 3. The van der Waals surface area contributed by atoms with Gasteiger partial charge < -0.3 is 13.9 Å². The molecule has 0 radical (unpaired) electrons. The fourth-order valence-corrected chi connectivity index (χ4v) is 3.39. The van der Waals surface area contributed by atoms with E-state index >= 15 is 0 Å². The molecule has 2 heterocycles. The van der Waals surface area contributed by atoms with Crippen LogP contribution in [0.15, 0.2) is 28.7 Å². The summed E-state index contributed by atoms with van der Waals surface area (Å²) in [5.74, 6) is 2.02. The number of piperidine rings is 1. The average Bonchev–Trinajstić information content (AvgIpc) is 3.00. The van der Waals surface area contributed by atoms with Crippen LogP contribution in [-0.4, -0.2) is 34.4 Å². The average molecular weight is 363 g/mol. The molecule has 3 rings (SSSR count). The van der Waals surface area contributed by atoms with Crippen LogP contribution >= 0.6 is 12.2 Å². The maximum Gasteiger partial charge on any atom is 0.288 e. The monoisotopic (exact) mass is 363 g/mol. The number of benzene rings is 1. The van der Waals surface area contributed by atoms with Crippen LogP contribution in [0.4, 0.5) is 0 Å². The van der Waals surface area contributed by atoms with Crippen LogP contribution in [-0.2, 0) is 13.3 Å². The van der Waals surface area contributed by atoms with Gasteiger partial charge in [-0.2, -0.15) is 0 Å². The minimum atomic E-state index is 0.250. The third-order valence-corrected chi connectivity index (χ3v) is 4.90. The molecule has 1 saturated heterocycles. The lowest BCUT2D eigenvalue weighted by Crippen LogP contribution is -2.40. The van der Waals surface area contributed by atoms with Crippen molar-refractivity contribution in [3.63, 3.8) is 0 Å². The lowest BCUT2D eigenvalue weighted by molar-refractivity contribution is 0.0992. The predicted octanol–water partition coefficient (Wildman–Crippen LogP) is 4.02. The van der Waals surface area contributed by atoms with Gasteiger partial charge in [0.25, 0.3) is 10.7 Å². The van der Waals surface area contributed by atoms with E-state index in [1.165, 1.54) is 19.3 Å². The van der Waals surface area contributed by atoms with Crippen LogP contribution < -0.4 is 9.47 Å². The first-order chi connectivity index (χ1) is 12.2. The lowest BCUT2D eigenvalue weighted by atomic mass is 10.0. The van der Waals surface area contributed by atoms with Crippen LogP contribution in [0, 0.1) is 4.84 Å². The molecule has 2 aromatic rings. The molecule has 1 fully saturated rings. The molecule has 0 saturated carbocycles. The Balaban J connectivity index is 1.60. The quantitative estimate of drug-likeness (QED) is 0.693. The SMILES string of the molecule is CC[C@@H]1CCCCN1Cn1nc(COc2ccc(OC)cc2)oc1=S. The van der Waals surface area contributed by atoms with Gasteiger partial charge in [-0.3, -0.25) is 4.90 Å². The third kappa shape index (κ3) is 4.61. The first kappa shape index (κ1) is 17.9. The first-order valence-corrected chi connectivity index (χ1v) is 9.18. The smallest absolute Gasteiger partial charge is 0.288 e. The van der Waals surface area contributed by atoms with Crippen LogP contribution in [0.5, 0.6) is 11.5 Å². The molecule has 0 N–H and O–H groups in total. The minimum Gasteiger partial charge on any atom is -0.497 e. The largest absolute Gasteiger partial charge is 0.497 e. The summed E-state index contributed by atoms with van der Waals surface area (Å²) in [6, 6.07) is 8.01. The molecule has 1 aromatic carbocycles. The molecule has 0 amide bonds. The van der Waals surface area contributed by atoms with Gasteiger partial charge in [0.1, 0.15) is 11.5 Å². The van der Waals surface area contributed by atoms with E-state index in [-0.39, 0.29) is 6.61 Å². The van der Waals surface area contributed by atoms with Crippen LogP contribution in [0.2, 0.25) is 0 Å². The number of hydrogen-bond donors (Lipinski definition) is 0. The molecule has 25 heavy (non-hydrogen) atoms. The molecule has 136 valence electrons. The molecule has 1 aliphatic heterocycles. The van der Waals surface area contributed by atoms with E-state index < -0.39 is 0 Å². The van der Waals surface area contributed by atoms with Crippen molar-refractivity contribution in [1.82, 2.24) is 14.7 Å². The predicted molar refractivity (Wildman–Crippen MR) is 97.3 cm³/mol. The summed E-state index contributed by atoms with van der Waals surface area (Å²) < 4.78 is 18.2. The number of ether oxygens (including phenoxy) is 2. The molecule has 0 spiro atoms. The highest BCUT2D eigenvalue weighted by Gasteiger charge is 2.22. The Morgan fingerprint density at radius 1 is 1.24 bits per heavy atom. The summed E-state index contributed by atoms with van der Waals surface area (Å²) in [5, 5.41) is 4.48. The number of hydrogen-bond acceptors (Lipinski definition) is 6. The van der Waals surface area contributed by atoms with E-state index in [1.54, 1.807) is 11.8 Å². The fraction of sp³-hybridized carbons (Fsp3) is 0.556. The standard InChI is InChI=1S/C18H25N3O3S/c1-3-14-6-4-5-11-20(14)13-21-18(25)24-17(19-21)12-23-16-9-7-15(22-2)8-10-16/h7-10,14H,3-6,11-13H2,1-2H3/t14-/m1/s1. The summed E-state index contributed by atoms with van der Waals surface area (Å²) in [7, 11) is 1.64. The minimum absolute atomic E-state index is 0.250. The molecular weight excluding hydrogens is 338 g/mol. The summed E-state index contributed by atoms with van der Waals surface area (Å²) in [6.45, 7) is 4.26. The second-order valence-corrected chi connectivity index (χ2v) is 6.59. The summed E-state index contributed by atoms with van der Waals surface area (Å²) in [5.41, 5.74) is 0. The van der Waals surface area contributed by atoms with Crippen molar-refractivity contribution in [2.45, 2.75) is 51.9 Å². The maximum absolute atomic E-state index is 5.71. The molecule has 7 heteroatoms. The van der Waals surface area contributed by atoms with Crippen molar-refractivity contribution in [1.29, 1.82) is 0 Å². The van der Waals surface area contributed by atoms with E-state index in [2.05, 4.69) is 16.9 Å². The van der Waals surface area contributed by atoms with Crippen LogP contribution in [0.25, 0.3) is 0 Å². The summed E-state index contributed by atoms with van der Waals surface area (Å²) >= 11 is 5.31. The molecular formula is C18H25N3O3S. The molecule has 1 atom stereocenters.